The minimum absolute atomic E-state index is 0. The Hall–Kier alpha value is -2.99. The Morgan fingerprint density at radius 2 is 1.85 bits per heavy atom. The molecule has 7 heteroatoms. The number of halogens is 1. The number of nitrogens with one attached hydrogen (secondary N) is 2. The maximum atomic E-state index is 11.9. The van der Waals surface area contributed by atoms with Gasteiger partial charge in [-0.15, -0.1) is 12.4 Å². The lowest BCUT2D eigenvalue weighted by atomic mass is 10.0. The lowest BCUT2D eigenvalue weighted by Crippen LogP contribution is -2.24. The van der Waals surface area contributed by atoms with Crippen LogP contribution in [0.1, 0.15) is 28.8 Å². The van der Waals surface area contributed by atoms with Gasteiger partial charge in [-0.05, 0) is 43.0 Å². The molecule has 0 atom stereocenters. The summed E-state index contributed by atoms with van der Waals surface area (Å²) in [5.74, 6) is -0.0872. The number of amides is 1. The molecule has 2 heterocycles. The topological polar surface area (TPSA) is 87.7 Å². The fourth-order valence-corrected chi connectivity index (χ4v) is 2.60. The number of carbonyl (C=O) groups excluding carboxylic acids is 1. The van der Waals surface area contributed by atoms with Crippen LogP contribution in [0.25, 0.3) is 11.3 Å². The molecule has 0 spiro atoms. The molecule has 0 aliphatic heterocycles. The number of aromatic nitrogens is 3. The molecule has 2 aromatic heterocycles. The average molecular weight is 385 g/mol. The summed E-state index contributed by atoms with van der Waals surface area (Å²) in [6.07, 6.45) is 6.06. The Morgan fingerprint density at radius 1 is 1.04 bits per heavy atom. The average Bonchev–Trinajstić information content (AvgIpc) is 2.69. The number of carbonyl (C=O) groups is 1. The summed E-state index contributed by atoms with van der Waals surface area (Å²) in [6, 6.07) is 14.8. The molecule has 0 unspecified atom stereocenters. The zero-order chi connectivity index (χ0) is 18.2. The van der Waals surface area contributed by atoms with Crippen LogP contribution in [0.2, 0.25) is 0 Å². The van der Waals surface area contributed by atoms with E-state index in [4.69, 9.17) is 0 Å². The van der Waals surface area contributed by atoms with Crippen molar-refractivity contribution in [2.75, 3.05) is 6.54 Å². The predicted octanol–water partition coefficient (Wildman–Crippen LogP) is 3.01. The molecule has 0 aliphatic rings. The van der Waals surface area contributed by atoms with Crippen molar-refractivity contribution in [2.24, 2.45) is 0 Å². The maximum absolute atomic E-state index is 11.9. The first-order valence-corrected chi connectivity index (χ1v) is 8.56. The van der Waals surface area contributed by atoms with Gasteiger partial charge in [0.05, 0.1) is 11.3 Å². The molecular formula is C20H21ClN4O2. The molecule has 0 fully saturated rings. The second-order valence-corrected chi connectivity index (χ2v) is 5.96. The molecule has 3 aromatic rings. The maximum Gasteiger partial charge on any atom is 0.264 e. The summed E-state index contributed by atoms with van der Waals surface area (Å²) in [7, 11) is 0. The Bertz CT molecular complexity index is 891. The molecule has 27 heavy (non-hydrogen) atoms. The van der Waals surface area contributed by atoms with Gasteiger partial charge in [0.25, 0.3) is 11.5 Å². The van der Waals surface area contributed by atoms with Gasteiger partial charge in [0.1, 0.15) is 0 Å². The highest BCUT2D eigenvalue weighted by molar-refractivity contribution is 5.93. The van der Waals surface area contributed by atoms with Crippen LogP contribution in [-0.2, 0) is 6.42 Å². The number of aromatic amines is 1. The highest BCUT2D eigenvalue weighted by Gasteiger charge is 2.04. The van der Waals surface area contributed by atoms with Gasteiger partial charge in [0.15, 0.2) is 0 Å². The number of rotatable bonds is 7. The summed E-state index contributed by atoms with van der Waals surface area (Å²) in [6.45, 7) is 0.646. The molecule has 0 saturated carbocycles. The molecule has 0 saturated heterocycles. The van der Waals surface area contributed by atoms with E-state index in [0.29, 0.717) is 12.1 Å². The summed E-state index contributed by atoms with van der Waals surface area (Å²) >= 11 is 0. The van der Waals surface area contributed by atoms with Crippen LogP contribution in [0.3, 0.4) is 0 Å². The first kappa shape index (κ1) is 20.3. The zero-order valence-electron chi connectivity index (χ0n) is 14.7. The summed E-state index contributed by atoms with van der Waals surface area (Å²) in [5.41, 5.74) is 3.32. The molecule has 140 valence electrons. The molecule has 0 radical (unpaired) electrons. The van der Waals surface area contributed by atoms with E-state index in [1.807, 2.05) is 12.1 Å². The van der Waals surface area contributed by atoms with Gasteiger partial charge >= 0.3 is 0 Å². The first-order chi connectivity index (χ1) is 12.7. The first-order valence-electron chi connectivity index (χ1n) is 8.56. The SMILES string of the molecule is Cl.O=C(NCCCCc1ccc(-c2ccc(=O)[nH]n2)cc1)c1cccnc1. The fraction of sp³-hybridized carbons (Fsp3) is 0.200. The van der Waals surface area contributed by atoms with Gasteiger partial charge in [-0.1, -0.05) is 24.3 Å². The predicted molar refractivity (Wildman–Crippen MR) is 107 cm³/mol. The molecule has 6 nitrogen and oxygen atoms in total. The van der Waals surface area contributed by atoms with Crippen LogP contribution < -0.4 is 10.9 Å². The van der Waals surface area contributed by atoms with Crippen LogP contribution in [0.4, 0.5) is 0 Å². The molecule has 2 N–H and O–H groups in total. The van der Waals surface area contributed by atoms with E-state index in [9.17, 15) is 9.59 Å². The van der Waals surface area contributed by atoms with Gasteiger partial charge in [-0.25, -0.2) is 5.10 Å². The second-order valence-electron chi connectivity index (χ2n) is 5.96. The van der Waals surface area contributed by atoms with Crippen LogP contribution in [0.5, 0.6) is 0 Å². The van der Waals surface area contributed by atoms with Crippen molar-refractivity contribution in [1.82, 2.24) is 20.5 Å². The van der Waals surface area contributed by atoms with Crippen molar-refractivity contribution in [3.8, 4) is 11.3 Å². The molecule has 0 aliphatic carbocycles. The number of H-pyrrole nitrogens is 1. The summed E-state index contributed by atoms with van der Waals surface area (Å²) in [4.78, 5) is 26.9. The minimum atomic E-state index is -0.207. The quantitative estimate of drug-likeness (QED) is 0.613. The lowest BCUT2D eigenvalue weighted by Gasteiger charge is -2.06. The van der Waals surface area contributed by atoms with E-state index in [1.165, 1.54) is 11.6 Å². The van der Waals surface area contributed by atoms with Gasteiger partial charge in [0, 0.05) is 30.6 Å². The van der Waals surface area contributed by atoms with Crippen LogP contribution in [0, 0.1) is 0 Å². The third-order valence-electron chi connectivity index (χ3n) is 4.03. The highest BCUT2D eigenvalue weighted by Crippen LogP contribution is 2.16. The third-order valence-corrected chi connectivity index (χ3v) is 4.03. The summed E-state index contributed by atoms with van der Waals surface area (Å²) in [5, 5.41) is 9.37. The minimum Gasteiger partial charge on any atom is -0.352 e. The van der Waals surface area contributed by atoms with Crippen molar-refractivity contribution < 1.29 is 4.79 Å². The van der Waals surface area contributed by atoms with Gasteiger partial charge in [0.2, 0.25) is 0 Å². The van der Waals surface area contributed by atoms with E-state index in [-0.39, 0.29) is 23.9 Å². The Labute approximate surface area is 163 Å². The molecule has 1 amide bonds. The van der Waals surface area contributed by atoms with E-state index in [0.717, 1.165) is 30.5 Å². The fourth-order valence-electron chi connectivity index (χ4n) is 2.60. The van der Waals surface area contributed by atoms with Crippen LogP contribution in [0.15, 0.2) is 65.7 Å². The number of unbranched alkanes of at least 4 members (excludes halogenated alkanes) is 1. The second kappa shape index (κ2) is 10.2. The number of benzene rings is 1. The van der Waals surface area contributed by atoms with E-state index < -0.39 is 0 Å². The molecule has 0 bridgehead atoms. The largest absolute Gasteiger partial charge is 0.352 e. The highest BCUT2D eigenvalue weighted by atomic mass is 35.5. The number of hydrogen-bond donors (Lipinski definition) is 2. The zero-order valence-corrected chi connectivity index (χ0v) is 15.5. The van der Waals surface area contributed by atoms with Gasteiger partial charge < -0.3 is 5.32 Å². The number of pyridine rings is 1. The normalized spacial score (nSPS) is 10.1. The third kappa shape index (κ3) is 6.04. The summed E-state index contributed by atoms with van der Waals surface area (Å²) < 4.78 is 0. The number of hydrogen-bond acceptors (Lipinski definition) is 4. The Morgan fingerprint density at radius 3 is 2.52 bits per heavy atom. The van der Waals surface area contributed by atoms with Crippen LogP contribution in [-0.4, -0.2) is 27.6 Å². The van der Waals surface area contributed by atoms with Gasteiger partial charge in [-0.3, -0.25) is 14.6 Å². The van der Waals surface area contributed by atoms with Crippen molar-refractivity contribution in [3.63, 3.8) is 0 Å². The Kier molecular flexibility index (Phi) is 7.70. The van der Waals surface area contributed by atoms with E-state index in [2.05, 4.69) is 32.6 Å². The van der Waals surface area contributed by atoms with Crippen molar-refractivity contribution in [1.29, 1.82) is 0 Å². The molecular weight excluding hydrogens is 364 g/mol. The monoisotopic (exact) mass is 384 g/mol. The number of nitrogens with zero attached hydrogens (tertiary/aromatic N) is 2. The Balaban J connectivity index is 0.00000261. The van der Waals surface area contributed by atoms with Crippen molar-refractivity contribution >= 4 is 18.3 Å². The molecule has 1 aromatic carbocycles. The standard InChI is InChI=1S/C20H20N4O2.ClH/c25-19-11-10-18(23-24-19)16-8-6-15(7-9-16)4-1-2-13-22-20(26)17-5-3-12-21-14-17;/h3,5-12,14H,1-2,4,13H2,(H,22,26)(H,24,25);1H. The smallest absolute Gasteiger partial charge is 0.264 e. The van der Waals surface area contributed by atoms with Crippen molar-refractivity contribution in [2.45, 2.75) is 19.3 Å². The van der Waals surface area contributed by atoms with Crippen LogP contribution >= 0.6 is 12.4 Å². The lowest BCUT2D eigenvalue weighted by molar-refractivity contribution is 0.0952. The molecule has 3 rings (SSSR count). The van der Waals surface area contributed by atoms with E-state index >= 15 is 0 Å². The van der Waals surface area contributed by atoms with E-state index in [1.54, 1.807) is 30.6 Å². The van der Waals surface area contributed by atoms with Gasteiger partial charge in [-0.2, -0.15) is 5.10 Å². The number of aryl methyl sites for hydroxylation is 1. The van der Waals surface area contributed by atoms with Crippen molar-refractivity contribution in [3.05, 3.63) is 82.4 Å².